The third-order valence-electron chi connectivity index (χ3n) is 3.49. The number of aromatic nitrogens is 2. The molecule has 16 heavy (non-hydrogen) atoms. The van der Waals surface area contributed by atoms with Crippen LogP contribution < -0.4 is 0 Å². The fourth-order valence-corrected chi connectivity index (χ4v) is 2.47. The number of hydrogen-bond donors (Lipinski definition) is 0. The van der Waals surface area contributed by atoms with Crippen molar-refractivity contribution >= 4 is 0 Å². The maximum atomic E-state index is 4.37. The van der Waals surface area contributed by atoms with Crippen LogP contribution in [0.5, 0.6) is 0 Å². The van der Waals surface area contributed by atoms with Crippen molar-refractivity contribution in [2.45, 2.75) is 24.7 Å². The van der Waals surface area contributed by atoms with E-state index in [-0.39, 0.29) is 0 Å². The van der Waals surface area contributed by atoms with Crippen molar-refractivity contribution in [1.29, 1.82) is 0 Å². The Morgan fingerprint density at radius 1 is 0.938 bits per heavy atom. The molecule has 1 aromatic heterocycles. The van der Waals surface area contributed by atoms with Gasteiger partial charge in [-0.3, -0.25) is 0 Å². The van der Waals surface area contributed by atoms with E-state index in [0.29, 0.717) is 11.8 Å². The predicted octanol–water partition coefficient (Wildman–Crippen LogP) is 3.14. The maximum Gasteiger partial charge on any atom is 0.115 e. The summed E-state index contributed by atoms with van der Waals surface area (Å²) in [5.41, 5.74) is 2.63. The Morgan fingerprint density at radius 2 is 1.75 bits per heavy atom. The predicted molar refractivity (Wildman–Crippen MR) is 63.2 cm³/mol. The summed E-state index contributed by atoms with van der Waals surface area (Å²) >= 11 is 0. The molecule has 3 rings (SSSR count). The van der Waals surface area contributed by atoms with E-state index < -0.39 is 0 Å². The third kappa shape index (κ3) is 1.60. The molecule has 1 aliphatic carbocycles. The second kappa shape index (κ2) is 4.05. The molecule has 0 bridgehead atoms. The number of nitrogens with zero attached hydrogens (tertiary/aromatic N) is 2. The van der Waals surface area contributed by atoms with E-state index in [0.717, 1.165) is 0 Å². The zero-order chi connectivity index (χ0) is 10.8. The van der Waals surface area contributed by atoms with Gasteiger partial charge in [-0.15, -0.1) is 0 Å². The second-order valence-corrected chi connectivity index (χ2v) is 4.34. The van der Waals surface area contributed by atoms with Crippen molar-refractivity contribution in [1.82, 2.24) is 9.97 Å². The Labute approximate surface area is 95.4 Å². The highest BCUT2D eigenvalue weighted by Crippen LogP contribution is 2.48. The van der Waals surface area contributed by atoms with Crippen molar-refractivity contribution in [3.8, 4) is 0 Å². The quantitative estimate of drug-likeness (QED) is 0.761. The average molecular weight is 210 g/mol. The van der Waals surface area contributed by atoms with Crippen LogP contribution in [-0.2, 0) is 0 Å². The minimum Gasteiger partial charge on any atom is -0.245 e. The highest BCUT2D eigenvalue weighted by atomic mass is 14.8. The highest BCUT2D eigenvalue weighted by molar-refractivity contribution is 5.28. The van der Waals surface area contributed by atoms with E-state index in [4.69, 9.17) is 0 Å². The lowest BCUT2D eigenvalue weighted by atomic mass is 9.68. The van der Waals surface area contributed by atoms with Crippen LogP contribution in [0, 0.1) is 0 Å². The van der Waals surface area contributed by atoms with Crippen LogP contribution >= 0.6 is 0 Å². The van der Waals surface area contributed by atoms with Crippen LogP contribution in [-0.4, -0.2) is 9.97 Å². The van der Waals surface area contributed by atoms with Crippen molar-refractivity contribution in [2.24, 2.45) is 0 Å². The Morgan fingerprint density at radius 3 is 2.38 bits per heavy atom. The van der Waals surface area contributed by atoms with Gasteiger partial charge in [0.2, 0.25) is 0 Å². The van der Waals surface area contributed by atoms with Crippen molar-refractivity contribution in [3.05, 3.63) is 60.2 Å². The van der Waals surface area contributed by atoms with Gasteiger partial charge in [-0.25, -0.2) is 9.97 Å². The smallest absolute Gasteiger partial charge is 0.115 e. The van der Waals surface area contributed by atoms with Gasteiger partial charge in [-0.1, -0.05) is 30.3 Å². The Bertz CT molecular complexity index is 407. The summed E-state index contributed by atoms with van der Waals surface area (Å²) in [4.78, 5) is 8.34. The first-order chi connectivity index (χ1) is 7.95. The van der Waals surface area contributed by atoms with E-state index >= 15 is 0 Å². The van der Waals surface area contributed by atoms with Crippen LogP contribution in [0.2, 0.25) is 0 Å². The van der Waals surface area contributed by atoms with Gasteiger partial charge in [0.1, 0.15) is 6.33 Å². The molecular weight excluding hydrogens is 196 g/mol. The molecule has 1 heterocycles. The first-order valence-corrected chi connectivity index (χ1v) is 5.76. The van der Waals surface area contributed by atoms with Gasteiger partial charge in [0.25, 0.3) is 0 Å². The van der Waals surface area contributed by atoms with E-state index in [1.807, 2.05) is 12.3 Å². The molecule has 1 aliphatic rings. The molecule has 2 aromatic rings. The topological polar surface area (TPSA) is 25.8 Å². The molecular formula is C14H14N2. The molecule has 1 saturated carbocycles. The van der Waals surface area contributed by atoms with Crippen LogP contribution in [0.3, 0.4) is 0 Å². The van der Waals surface area contributed by atoms with E-state index in [9.17, 15) is 0 Å². The zero-order valence-corrected chi connectivity index (χ0v) is 9.08. The lowest BCUT2D eigenvalue weighted by Gasteiger charge is -2.36. The molecule has 0 N–H and O–H groups in total. The summed E-state index contributed by atoms with van der Waals surface area (Å²) < 4.78 is 0. The van der Waals surface area contributed by atoms with Gasteiger partial charge in [-0.05, 0) is 30.4 Å². The molecule has 0 radical (unpaired) electrons. The Balaban J connectivity index is 1.85. The van der Waals surface area contributed by atoms with E-state index in [1.54, 1.807) is 6.33 Å². The summed E-state index contributed by atoms with van der Waals surface area (Å²) in [6.07, 6.45) is 6.01. The van der Waals surface area contributed by atoms with Gasteiger partial charge in [0.15, 0.2) is 0 Å². The molecule has 80 valence electrons. The summed E-state index contributed by atoms with van der Waals surface area (Å²) in [7, 11) is 0. The first-order valence-electron chi connectivity index (χ1n) is 5.76. The fourth-order valence-electron chi connectivity index (χ4n) is 2.47. The van der Waals surface area contributed by atoms with E-state index in [2.05, 4.69) is 40.3 Å². The normalized spacial score (nSPS) is 23.8. The number of hydrogen-bond acceptors (Lipinski definition) is 2. The second-order valence-electron chi connectivity index (χ2n) is 4.34. The van der Waals surface area contributed by atoms with E-state index in [1.165, 1.54) is 24.1 Å². The molecule has 1 aromatic carbocycles. The van der Waals surface area contributed by atoms with Gasteiger partial charge in [-0.2, -0.15) is 0 Å². The Kier molecular flexibility index (Phi) is 2.41. The fraction of sp³-hybridized carbons (Fsp3) is 0.286. The average Bonchev–Trinajstić information content (AvgIpc) is 2.30. The third-order valence-corrected chi connectivity index (χ3v) is 3.49. The lowest BCUT2D eigenvalue weighted by molar-refractivity contribution is 0.339. The molecule has 0 spiro atoms. The summed E-state index contributed by atoms with van der Waals surface area (Å²) in [5.74, 6) is 1.24. The lowest BCUT2D eigenvalue weighted by Crippen LogP contribution is -2.22. The van der Waals surface area contributed by atoms with Gasteiger partial charge >= 0.3 is 0 Å². The SMILES string of the molecule is c1ccc(C2CCC2c2ccncn2)cc1. The van der Waals surface area contributed by atoms with Crippen LogP contribution in [0.4, 0.5) is 0 Å². The number of benzene rings is 1. The molecule has 2 atom stereocenters. The molecule has 2 heteroatoms. The number of rotatable bonds is 2. The minimum atomic E-state index is 0.588. The summed E-state index contributed by atoms with van der Waals surface area (Å²) in [5, 5.41) is 0. The monoisotopic (exact) mass is 210 g/mol. The molecule has 2 unspecified atom stereocenters. The molecule has 1 fully saturated rings. The molecule has 2 nitrogen and oxygen atoms in total. The highest BCUT2D eigenvalue weighted by Gasteiger charge is 2.33. The van der Waals surface area contributed by atoms with Crippen molar-refractivity contribution in [2.75, 3.05) is 0 Å². The van der Waals surface area contributed by atoms with Gasteiger partial charge < -0.3 is 0 Å². The van der Waals surface area contributed by atoms with Crippen LogP contribution in [0.25, 0.3) is 0 Å². The molecule has 0 aliphatic heterocycles. The largest absolute Gasteiger partial charge is 0.245 e. The van der Waals surface area contributed by atoms with Crippen LogP contribution in [0.1, 0.15) is 35.9 Å². The summed E-state index contributed by atoms with van der Waals surface area (Å²) in [6.45, 7) is 0. The van der Waals surface area contributed by atoms with Gasteiger partial charge in [0, 0.05) is 17.8 Å². The molecule has 0 saturated heterocycles. The minimum absolute atomic E-state index is 0.588. The standard InChI is InChI=1S/C14H14N2/c1-2-4-11(5-3-1)12-6-7-13(12)14-8-9-15-10-16-14/h1-5,8-10,12-13H,6-7H2. The van der Waals surface area contributed by atoms with Gasteiger partial charge in [0.05, 0.1) is 0 Å². The first kappa shape index (κ1) is 9.52. The van der Waals surface area contributed by atoms with Crippen molar-refractivity contribution in [3.63, 3.8) is 0 Å². The van der Waals surface area contributed by atoms with Crippen LogP contribution in [0.15, 0.2) is 48.9 Å². The maximum absolute atomic E-state index is 4.37. The zero-order valence-electron chi connectivity index (χ0n) is 9.08. The summed E-state index contributed by atoms with van der Waals surface area (Å²) in [6, 6.07) is 12.8. The molecule has 0 amide bonds. The van der Waals surface area contributed by atoms with Crippen molar-refractivity contribution < 1.29 is 0 Å². The Hall–Kier alpha value is -1.70.